The molecule has 0 radical (unpaired) electrons. The van der Waals surface area contributed by atoms with Crippen LogP contribution in [0, 0.1) is 5.41 Å². The van der Waals surface area contributed by atoms with Crippen molar-refractivity contribution in [1.82, 2.24) is 0 Å². The zero-order valence-corrected chi connectivity index (χ0v) is 19.4. The minimum Gasteiger partial charge on any atom is -0.454 e. The summed E-state index contributed by atoms with van der Waals surface area (Å²) < 4.78 is 5.06. The van der Waals surface area contributed by atoms with Gasteiger partial charge in [-0.25, -0.2) is 4.79 Å². The van der Waals surface area contributed by atoms with Crippen LogP contribution in [-0.4, -0.2) is 18.4 Å². The largest absolute Gasteiger partial charge is 0.454 e. The van der Waals surface area contributed by atoms with Gasteiger partial charge in [0.25, 0.3) is 0 Å². The number of Topliss-reactive ketones (excluding diaryl/α,β-unsaturated/α-hetero) is 1. The third kappa shape index (κ3) is 8.01. The lowest BCUT2D eigenvalue weighted by molar-refractivity contribution is -0.136. The van der Waals surface area contributed by atoms with Crippen LogP contribution < -0.4 is 0 Å². The lowest BCUT2D eigenvalue weighted by atomic mass is 9.72. The first kappa shape index (κ1) is 24.3. The lowest BCUT2D eigenvalue weighted by Gasteiger charge is -2.32. The predicted octanol–water partition coefficient (Wildman–Crippen LogP) is 6.94. The lowest BCUT2D eigenvalue weighted by Crippen LogP contribution is -2.19. The van der Waals surface area contributed by atoms with Gasteiger partial charge < -0.3 is 4.74 Å². The first-order valence-corrected chi connectivity index (χ1v) is 10.9. The molecule has 164 valence electrons. The van der Waals surface area contributed by atoms with Crippen LogP contribution in [0.15, 0.2) is 89.1 Å². The number of carbonyl (C=O) groups is 2. The van der Waals surface area contributed by atoms with E-state index in [0.717, 1.165) is 11.1 Å². The molecule has 31 heavy (non-hydrogen) atoms. The van der Waals surface area contributed by atoms with Gasteiger partial charge in [0.2, 0.25) is 0 Å². The molecule has 0 heterocycles. The van der Waals surface area contributed by atoms with Crippen LogP contribution in [0.3, 0.4) is 0 Å². The van der Waals surface area contributed by atoms with Gasteiger partial charge in [0.05, 0.1) is 0 Å². The van der Waals surface area contributed by atoms with Crippen molar-refractivity contribution in [3.8, 4) is 0 Å². The number of carbonyl (C=O) groups excluding carboxylic acids is 2. The highest BCUT2D eigenvalue weighted by Crippen LogP contribution is 2.40. The Balaban J connectivity index is 1.89. The van der Waals surface area contributed by atoms with E-state index in [1.165, 1.54) is 36.5 Å². The van der Waals surface area contributed by atoms with E-state index in [1.54, 1.807) is 24.3 Å². The predicted molar refractivity (Wildman–Crippen MR) is 128 cm³/mol. The number of ketones is 1. The van der Waals surface area contributed by atoms with Crippen molar-refractivity contribution in [1.29, 1.82) is 0 Å². The molecule has 0 bridgehead atoms. The first-order valence-electron chi connectivity index (χ1n) is 10.9. The molecule has 1 aromatic carbocycles. The fraction of sp³-hybridized carbons (Fsp3) is 0.357. The maximum absolute atomic E-state index is 12.0. The van der Waals surface area contributed by atoms with Gasteiger partial charge in [0, 0.05) is 11.6 Å². The summed E-state index contributed by atoms with van der Waals surface area (Å²) in [5, 5.41) is 0. The fourth-order valence-electron chi connectivity index (χ4n) is 3.75. The molecule has 0 fully saturated rings. The standard InChI is InChI=1S/C28H34O3/c1-21(16-17-25-23(3)13-10-18-28(25,4)5)11-9-12-22(2)19-27(30)31-20-26(29)24-14-7-6-8-15-24/h6-9,11-12,14-17,19H,10,13,18,20H2,1-5H3/b12-9?,17-16?,21-11?,22-19-. The van der Waals surface area contributed by atoms with E-state index in [0.29, 0.717) is 5.56 Å². The van der Waals surface area contributed by atoms with Crippen molar-refractivity contribution in [2.24, 2.45) is 5.41 Å². The van der Waals surface area contributed by atoms with Crippen LogP contribution >= 0.6 is 0 Å². The van der Waals surface area contributed by atoms with Crippen molar-refractivity contribution in [2.75, 3.05) is 6.61 Å². The van der Waals surface area contributed by atoms with Crippen molar-refractivity contribution in [2.45, 2.75) is 53.9 Å². The maximum Gasteiger partial charge on any atom is 0.331 e. The number of hydrogen-bond donors (Lipinski definition) is 0. The zero-order chi connectivity index (χ0) is 22.9. The van der Waals surface area contributed by atoms with E-state index >= 15 is 0 Å². The molecule has 0 amide bonds. The van der Waals surface area contributed by atoms with E-state index in [-0.39, 0.29) is 17.8 Å². The van der Waals surface area contributed by atoms with Gasteiger partial charge in [-0.3, -0.25) is 4.79 Å². The average molecular weight is 419 g/mol. The van der Waals surface area contributed by atoms with Gasteiger partial charge in [-0.15, -0.1) is 0 Å². The molecule has 1 aliphatic rings. The summed E-state index contributed by atoms with van der Waals surface area (Å²) in [5.41, 5.74) is 5.60. The van der Waals surface area contributed by atoms with E-state index in [2.05, 4.69) is 39.8 Å². The number of rotatable bonds is 8. The van der Waals surface area contributed by atoms with E-state index in [1.807, 2.05) is 31.2 Å². The molecular formula is C28H34O3. The molecule has 0 aromatic heterocycles. The van der Waals surface area contributed by atoms with E-state index in [4.69, 9.17) is 4.74 Å². The van der Waals surface area contributed by atoms with Crippen LogP contribution in [0.4, 0.5) is 0 Å². The van der Waals surface area contributed by atoms with Gasteiger partial charge in [-0.2, -0.15) is 0 Å². The highest BCUT2D eigenvalue weighted by Gasteiger charge is 2.26. The smallest absolute Gasteiger partial charge is 0.331 e. The molecule has 0 atom stereocenters. The quantitative estimate of drug-likeness (QED) is 0.199. The molecule has 1 aliphatic carbocycles. The molecule has 3 heteroatoms. The molecule has 0 aliphatic heterocycles. The summed E-state index contributed by atoms with van der Waals surface area (Å²) in [7, 11) is 0. The summed E-state index contributed by atoms with van der Waals surface area (Å²) in [6.07, 6.45) is 15.3. The first-order chi connectivity index (χ1) is 14.7. The highest BCUT2D eigenvalue weighted by molar-refractivity contribution is 5.98. The average Bonchev–Trinajstić information content (AvgIpc) is 2.71. The minimum absolute atomic E-state index is 0.215. The number of hydrogen-bond acceptors (Lipinski definition) is 3. The zero-order valence-electron chi connectivity index (χ0n) is 19.4. The van der Waals surface area contributed by atoms with Crippen LogP contribution in [0.25, 0.3) is 0 Å². The normalized spacial score (nSPS) is 17.5. The summed E-state index contributed by atoms with van der Waals surface area (Å²) in [4.78, 5) is 23.9. The number of allylic oxidation sites excluding steroid dienone is 9. The summed E-state index contributed by atoms with van der Waals surface area (Å²) in [5.74, 6) is -0.735. The van der Waals surface area contributed by atoms with Crippen molar-refractivity contribution in [3.63, 3.8) is 0 Å². The Labute approximate surface area is 186 Å². The second kappa shape index (κ2) is 11.5. The van der Waals surface area contributed by atoms with Gasteiger partial charge >= 0.3 is 5.97 Å². The van der Waals surface area contributed by atoms with Gasteiger partial charge in [-0.05, 0) is 56.6 Å². The number of esters is 1. The van der Waals surface area contributed by atoms with Crippen LogP contribution in [0.1, 0.15) is 64.2 Å². The molecule has 0 N–H and O–H groups in total. The second-order valence-electron chi connectivity index (χ2n) is 8.82. The van der Waals surface area contributed by atoms with E-state index in [9.17, 15) is 9.59 Å². The third-order valence-electron chi connectivity index (χ3n) is 5.56. The summed E-state index contributed by atoms with van der Waals surface area (Å²) in [6.45, 7) is 10.5. The van der Waals surface area contributed by atoms with Gasteiger partial charge in [0.15, 0.2) is 12.4 Å². The van der Waals surface area contributed by atoms with E-state index < -0.39 is 5.97 Å². The SMILES string of the molecule is CC(C=CC1=C(C)CCCC1(C)C)=CC=C/C(C)=C\C(=O)OCC(=O)c1ccccc1. The van der Waals surface area contributed by atoms with Crippen molar-refractivity contribution >= 4 is 11.8 Å². The molecule has 0 saturated carbocycles. The monoisotopic (exact) mass is 418 g/mol. The Bertz CT molecular complexity index is 938. The number of ether oxygens (including phenoxy) is 1. The molecule has 0 unspecified atom stereocenters. The molecule has 1 aromatic rings. The van der Waals surface area contributed by atoms with Crippen molar-refractivity contribution in [3.05, 3.63) is 94.6 Å². The van der Waals surface area contributed by atoms with Crippen molar-refractivity contribution < 1.29 is 14.3 Å². The summed E-state index contributed by atoms with van der Waals surface area (Å²) in [6, 6.07) is 8.81. The molecule has 2 rings (SSSR count). The maximum atomic E-state index is 12.0. The third-order valence-corrected chi connectivity index (χ3v) is 5.56. The Morgan fingerprint density at radius 1 is 1.06 bits per heavy atom. The molecule has 0 saturated heterocycles. The Hall–Kier alpha value is -2.94. The number of benzene rings is 1. The Morgan fingerprint density at radius 3 is 2.45 bits per heavy atom. The molecular weight excluding hydrogens is 384 g/mol. The summed E-state index contributed by atoms with van der Waals surface area (Å²) >= 11 is 0. The highest BCUT2D eigenvalue weighted by atomic mass is 16.5. The second-order valence-corrected chi connectivity index (χ2v) is 8.82. The van der Waals surface area contributed by atoms with Gasteiger partial charge in [0.1, 0.15) is 0 Å². The Kier molecular flexibility index (Phi) is 8.99. The van der Waals surface area contributed by atoms with Crippen LogP contribution in [0.2, 0.25) is 0 Å². The topological polar surface area (TPSA) is 43.4 Å². The minimum atomic E-state index is -0.519. The molecule has 0 spiro atoms. The van der Waals surface area contributed by atoms with Crippen LogP contribution in [0.5, 0.6) is 0 Å². The Morgan fingerprint density at radius 2 is 1.77 bits per heavy atom. The fourth-order valence-corrected chi connectivity index (χ4v) is 3.75. The van der Waals surface area contributed by atoms with Crippen LogP contribution in [-0.2, 0) is 9.53 Å². The van der Waals surface area contributed by atoms with Gasteiger partial charge in [-0.1, -0.05) is 85.7 Å². The molecule has 3 nitrogen and oxygen atoms in total.